The van der Waals surface area contributed by atoms with E-state index in [9.17, 15) is 19.8 Å². The van der Waals surface area contributed by atoms with Crippen LogP contribution < -0.4 is 0 Å². The Morgan fingerprint density at radius 3 is 1.59 bits per heavy atom. The highest BCUT2D eigenvalue weighted by Crippen LogP contribution is 2.15. The van der Waals surface area contributed by atoms with Crippen molar-refractivity contribution in [3.63, 3.8) is 0 Å². The smallest absolute Gasteiger partial charge is 0.410 e. The van der Waals surface area contributed by atoms with Crippen molar-refractivity contribution in [3.05, 3.63) is 12.2 Å². The first-order valence-corrected chi connectivity index (χ1v) is 10.9. The van der Waals surface area contributed by atoms with Crippen molar-refractivity contribution in [2.45, 2.75) is 84.1 Å². The normalized spacial score (nSPS) is 25.0. The van der Waals surface area contributed by atoms with Gasteiger partial charge < -0.3 is 39.3 Å². The van der Waals surface area contributed by atoms with E-state index in [1.54, 1.807) is 25.7 Å². The van der Waals surface area contributed by atoms with E-state index in [1.807, 2.05) is 32.9 Å². The van der Waals surface area contributed by atoms with Gasteiger partial charge in [0.05, 0.1) is 25.3 Å². The van der Waals surface area contributed by atoms with Crippen LogP contribution in [0.3, 0.4) is 0 Å². The lowest BCUT2D eigenvalue weighted by molar-refractivity contribution is -0.0589. The number of ether oxygens (including phenoxy) is 3. The molecule has 0 aromatic heterocycles. The van der Waals surface area contributed by atoms with Crippen molar-refractivity contribution in [2.24, 2.45) is 0 Å². The zero-order valence-electron chi connectivity index (χ0n) is 20.1. The third kappa shape index (κ3) is 11.7. The van der Waals surface area contributed by atoms with Crippen LogP contribution in [0.2, 0.25) is 0 Å². The van der Waals surface area contributed by atoms with E-state index in [1.165, 1.54) is 4.90 Å². The van der Waals surface area contributed by atoms with Crippen molar-refractivity contribution < 1.29 is 39.1 Å². The van der Waals surface area contributed by atoms with E-state index in [2.05, 4.69) is 0 Å². The number of amides is 2. The van der Waals surface area contributed by atoms with Gasteiger partial charge in [-0.1, -0.05) is 12.2 Å². The van der Waals surface area contributed by atoms with E-state index in [-0.39, 0.29) is 24.8 Å². The Morgan fingerprint density at radius 1 is 0.844 bits per heavy atom. The van der Waals surface area contributed by atoms with Crippen LogP contribution in [0.15, 0.2) is 12.2 Å². The number of aliphatic hydroxyl groups excluding tert-OH is 3. The highest BCUT2D eigenvalue weighted by atomic mass is 16.6. The maximum atomic E-state index is 11.4. The Morgan fingerprint density at radius 2 is 1.28 bits per heavy atom. The molecule has 10 heteroatoms. The molecule has 0 radical (unpaired) electrons. The second-order valence-corrected chi connectivity index (χ2v) is 9.84. The van der Waals surface area contributed by atoms with Gasteiger partial charge in [-0.3, -0.25) is 0 Å². The summed E-state index contributed by atoms with van der Waals surface area (Å²) in [6.07, 6.45) is 2.87. The lowest BCUT2D eigenvalue weighted by Crippen LogP contribution is -2.36. The Labute approximate surface area is 190 Å². The molecule has 32 heavy (non-hydrogen) atoms. The first-order chi connectivity index (χ1) is 14.7. The van der Waals surface area contributed by atoms with Gasteiger partial charge in [-0.15, -0.1) is 0 Å². The third-order valence-electron chi connectivity index (χ3n) is 4.29. The molecule has 0 bridgehead atoms. The lowest BCUT2D eigenvalue weighted by atomic mass is 10.2. The summed E-state index contributed by atoms with van der Waals surface area (Å²) in [7, 11) is 0. The summed E-state index contributed by atoms with van der Waals surface area (Å²) in [5.74, 6) is 0. The minimum atomic E-state index is -0.859. The summed E-state index contributed by atoms with van der Waals surface area (Å²) in [6, 6.07) is 0. The highest BCUT2D eigenvalue weighted by Gasteiger charge is 2.34. The fourth-order valence-corrected chi connectivity index (χ4v) is 2.76. The minimum Gasteiger partial charge on any atom is -0.444 e. The summed E-state index contributed by atoms with van der Waals surface area (Å²) >= 11 is 0. The maximum absolute atomic E-state index is 11.4. The number of hydrogen-bond acceptors (Lipinski definition) is 8. The predicted molar refractivity (Wildman–Crippen MR) is 118 cm³/mol. The molecule has 3 N–H and O–H groups in total. The van der Waals surface area contributed by atoms with E-state index < -0.39 is 30.2 Å². The average molecular weight is 461 g/mol. The van der Waals surface area contributed by atoms with Gasteiger partial charge in [-0.05, 0) is 48.0 Å². The minimum absolute atomic E-state index is 0.135. The predicted octanol–water partition coefficient (Wildman–Crippen LogP) is 1.87. The van der Waals surface area contributed by atoms with E-state index >= 15 is 0 Å². The van der Waals surface area contributed by atoms with Gasteiger partial charge in [0.1, 0.15) is 11.2 Å². The quantitative estimate of drug-likeness (QED) is 0.467. The molecule has 1 unspecified atom stereocenters. The van der Waals surface area contributed by atoms with Crippen LogP contribution in [0.1, 0.15) is 54.4 Å². The van der Waals surface area contributed by atoms with Crippen LogP contribution in [-0.2, 0) is 14.2 Å². The van der Waals surface area contributed by atoms with E-state index in [0.29, 0.717) is 13.1 Å². The van der Waals surface area contributed by atoms with Gasteiger partial charge in [0.15, 0.2) is 6.29 Å². The standard InChI is InChI=1S/C9H17NO4.C9H15NO2.C4H8O2/c1-9(2,3)14-8(13)10-4-6(11)7(12)5-10;1-9(2,3)12-8(11)10-6-4-5-7-10;5-4-2-1-3-6-4/h6-7,11-12H,4-5H2,1-3H3;4-5H,6-7H2,1-3H3;4-5H,1-3H2/t6-,7+;;. The van der Waals surface area contributed by atoms with Crippen molar-refractivity contribution in [3.8, 4) is 0 Å². The number of hydrogen-bond donors (Lipinski definition) is 3. The number of carbonyl (C=O) groups excluding carboxylic acids is 2. The number of aliphatic hydroxyl groups is 3. The van der Waals surface area contributed by atoms with Crippen LogP contribution >= 0.6 is 0 Å². The van der Waals surface area contributed by atoms with Gasteiger partial charge in [0, 0.05) is 26.1 Å². The molecule has 10 nitrogen and oxygen atoms in total. The molecule has 2 amide bonds. The average Bonchev–Trinajstić information content (AvgIpc) is 3.37. The molecule has 3 heterocycles. The summed E-state index contributed by atoms with van der Waals surface area (Å²) in [5, 5.41) is 26.9. The molecule has 3 aliphatic rings. The molecule has 0 spiro atoms. The van der Waals surface area contributed by atoms with Gasteiger partial charge in [0.2, 0.25) is 0 Å². The summed E-state index contributed by atoms with van der Waals surface area (Å²) in [5.41, 5.74) is -0.935. The fourth-order valence-electron chi connectivity index (χ4n) is 2.76. The van der Waals surface area contributed by atoms with E-state index in [0.717, 1.165) is 19.4 Å². The molecule has 3 atom stereocenters. The monoisotopic (exact) mass is 460 g/mol. The Balaban J connectivity index is 0.000000257. The second-order valence-electron chi connectivity index (χ2n) is 9.84. The zero-order valence-corrected chi connectivity index (χ0v) is 20.1. The third-order valence-corrected chi connectivity index (χ3v) is 4.29. The first-order valence-electron chi connectivity index (χ1n) is 10.9. The Kier molecular flexibility index (Phi) is 10.9. The molecule has 0 aromatic carbocycles. The number of rotatable bonds is 0. The Hall–Kier alpha value is -1.88. The molecule has 0 aliphatic carbocycles. The number of nitrogens with zero attached hydrogens (tertiary/aromatic N) is 2. The van der Waals surface area contributed by atoms with Gasteiger partial charge >= 0.3 is 12.2 Å². The van der Waals surface area contributed by atoms with Crippen LogP contribution in [0.5, 0.6) is 0 Å². The molecule has 3 aliphatic heterocycles. The topological polar surface area (TPSA) is 129 Å². The SMILES string of the molecule is CC(C)(C)OC(=O)N1CC=CC1.CC(C)(C)OC(=O)N1C[C@@H](O)[C@@H](O)C1.OC1CCCO1. The number of carbonyl (C=O) groups is 2. The van der Waals surface area contributed by atoms with Crippen molar-refractivity contribution in [1.29, 1.82) is 0 Å². The fraction of sp³-hybridized carbons (Fsp3) is 0.818. The van der Waals surface area contributed by atoms with Crippen LogP contribution in [0.25, 0.3) is 0 Å². The van der Waals surface area contributed by atoms with E-state index in [4.69, 9.17) is 19.3 Å². The van der Waals surface area contributed by atoms with Gasteiger partial charge in [0.25, 0.3) is 0 Å². The molecule has 186 valence electrons. The van der Waals surface area contributed by atoms with Crippen LogP contribution in [0.4, 0.5) is 9.59 Å². The lowest BCUT2D eigenvalue weighted by Gasteiger charge is -2.24. The molecule has 0 aromatic rings. The first kappa shape index (κ1) is 28.2. The number of likely N-dealkylation sites (tertiary alicyclic amines) is 1. The van der Waals surface area contributed by atoms with Crippen LogP contribution in [0, 0.1) is 0 Å². The highest BCUT2D eigenvalue weighted by molar-refractivity contribution is 5.69. The molecular weight excluding hydrogens is 420 g/mol. The van der Waals surface area contributed by atoms with Crippen molar-refractivity contribution in [1.82, 2.24) is 9.80 Å². The second kappa shape index (κ2) is 12.4. The maximum Gasteiger partial charge on any atom is 0.410 e. The zero-order chi connectivity index (χ0) is 24.5. The summed E-state index contributed by atoms with van der Waals surface area (Å²) in [4.78, 5) is 25.7. The van der Waals surface area contributed by atoms with Crippen LogP contribution in [-0.4, -0.2) is 99.8 Å². The van der Waals surface area contributed by atoms with Crippen molar-refractivity contribution in [2.75, 3.05) is 32.8 Å². The molecular formula is C22H40N2O8. The van der Waals surface area contributed by atoms with Gasteiger partial charge in [-0.25, -0.2) is 9.59 Å². The number of β-amino-alcohol motifs (C(OH)–C–C–N with tert-alkyl or cyclic N) is 2. The molecule has 0 saturated carbocycles. The van der Waals surface area contributed by atoms with Gasteiger partial charge in [-0.2, -0.15) is 0 Å². The van der Waals surface area contributed by atoms with Crippen molar-refractivity contribution >= 4 is 12.2 Å². The molecule has 2 saturated heterocycles. The largest absolute Gasteiger partial charge is 0.444 e. The summed E-state index contributed by atoms with van der Waals surface area (Å²) in [6.45, 7) is 13.3. The molecule has 2 fully saturated rings. The summed E-state index contributed by atoms with van der Waals surface area (Å²) < 4.78 is 15.0. The Bertz CT molecular complexity index is 602. The molecule has 3 rings (SSSR count).